The summed E-state index contributed by atoms with van der Waals surface area (Å²) in [5.41, 5.74) is -1.04. The number of carboxylic acid groups (broad SMARTS) is 1. The van der Waals surface area contributed by atoms with Crippen molar-refractivity contribution in [3.05, 3.63) is 26.5 Å². The van der Waals surface area contributed by atoms with E-state index in [1.165, 1.54) is 9.46 Å². The lowest BCUT2D eigenvalue weighted by Gasteiger charge is -2.24. The van der Waals surface area contributed by atoms with Crippen molar-refractivity contribution in [3.63, 3.8) is 0 Å². The van der Waals surface area contributed by atoms with Crippen LogP contribution in [0.5, 0.6) is 5.88 Å². The van der Waals surface area contributed by atoms with Gasteiger partial charge in [-0.15, -0.1) is 5.06 Å². The molecule has 150 valence electrons. The number of rotatable bonds is 3. The van der Waals surface area contributed by atoms with E-state index in [1.54, 1.807) is 6.92 Å². The van der Waals surface area contributed by atoms with Crippen molar-refractivity contribution in [3.8, 4) is 5.88 Å². The third kappa shape index (κ3) is 3.36. The Morgan fingerprint density at radius 2 is 2.07 bits per heavy atom. The zero-order valence-corrected chi connectivity index (χ0v) is 15.7. The van der Waals surface area contributed by atoms with E-state index in [-0.39, 0.29) is 29.6 Å². The van der Waals surface area contributed by atoms with E-state index in [4.69, 9.17) is 14.7 Å². The quantitative estimate of drug-likeness (QED) is 0.688. The maximum atomic E-state index is 12.8. The summed E-state index contributed by atoms with van der Waals surface area (Å²) in [5, 5.41) is 20.3. The molecule has 0 aliphatic carbocycles. The zero-order valence-electron chi connectivity index (χ0n) is 14.9. The fraction of sp³-hybridized carbons (Fsp3) is 0.400. The Labute approximate surface area is 161 Å². The number of imide groups is 1. The van der Waals surface area contributed by atoms with Crippen molar-refractivity contribution in [1.29, 1.82) is 0 Å². The van der Waals surface area contributed by atoms with Gasteiger partial charge in [0.25, 0.3) is 11.5 Å². The van der Waals surface area contributed by atoms with E-state index in [0.717, 1.165) is 18.4 Å². The summed E-state index contributed by atoms with van der Waals surface area (Å²) in [6, 6.07) is 0. The molecule has 2 amide bonds. The molecular formula is C15H16N4O8S. The number of hydroxylamine groups is 2. The second-order valence-corrected chi connectivity index (χ2v) is 6.80. The first-order valence-electron chi connectivity index (χ1n) is 8.11. The molecule has 0 atom stereocenters. The minimum atomic E-state index is -1.58. The van der Waals surface area contributed by atoms with Crippen LogP contribution < -0.4 is 5.56 Å². The Morgan fingerprint density at radius 1 is 1.36 bits per heavy atom. The van der Waals surface area contributed by atoms with Crippen LogP contribution in [-0.4, -0.2) is 67.9 Å². The van der Waals surface area contributed by atoms with E-state index in [1.807, 2.05) is 0 Å². The van der Waals surface area contributed by atoms with Crippen LogP contribution in [0.25, 0.3) is 4.96 Å². The molecule has 2 aromatic rings. The van der Waals surface area contributed by atoms with Crippen molar-refractivity contribution in [2.24, 2.45) is 0 Å². The summed E-state index contributed by atoms with van der Waals surface area (Å²) >= 11 is 1.08. The van der Waals surface area contributed by atoms with Crippen molar-refractivity contribution < 1.29 is 34.2 Å². The van der Waals surface area contributed by atoms with E-state index in [2.05, 4.69) is 4.98 Å². The third-order valence-corrected chi connectivity index (χ3v) is 5.10. The number of carbonyl (C=O) groups is 3. The first-order valence-corrected chi connectivity index (χ1v) is 8.93. The summed E-state index contributed by atoms with van der Waals surface area (Å²) in [4.78, 5) is 57.5. The van der Waals surface area contributed by atoms with Crippen molar-refractivity contribution in [2.75, 3.05) is 20.2 Å². The lowest BCUT2D eigenvalue weighted by atomic mass is 10.2. The summed E-state index contributed by atoms with van der Waals surface area (Å²) in [7, 11) is 0.964. The molecule has 0 unspecified atom stereocenters. The smallest absolute Gasteiger partial charge is 0.492 e. The Kier molecular flexibility index (Phi) is 5.20. The lowest BCUT2D eigenvalue weighted by Crippen LogP contribution is -2.37. The zero-order chi connectivity index (χ0) is 20.6. The first-order chi connectivity index (χ1) is 13.2. The highest BCUT2D eigenvalue weighted by molar-refractivity contribution is 7.17. The molecule has 0 bridgehead atoms. The number of amides is 2. The Bertz CT molecular complexity index is 1030. The van der Waals surface area contributed by atoms with Gasteiger partial charge in [0.15, 0.2) is 10.5 Å². The van der Waals surface area contributed by atoms with Gasteiger partial charge in [0, 0.05) is 30.6 Å². The highest BCUT2D eigenvalue weighted by Gasteiger charge is 2.30. The molecule has 28 heavy (non-hydrogen) atoms. The molecule has 2 N–H and O–H groups in total. The number of nitrogens with zero attached hydrogens (tertiary/aromatic N) is 4. The molecule has 12 nitrogen and oxygen atoms in total. The predicted octanol–water partition coefficient (Wildman–Crippen LogP) is 0.658. The number of ether oxygens (including phenoxy) is 1. The highest BCUT2D eigenvalue weighted by atomic mass is 32.1. The van der Waals surface area contributed by atoms with Gasteiger partial charge < -0.3 is 19.8 Å². The van der Waals surface area contributed by atoms with Crippen LogP contribution in [0.3, 0.4) is 0 Å². The topological polar surface area (TPSA) is 151 Å². The molecule has 3 heterocycles. The van der Waals surface area contributed by atoms with Crippen LogP contribution >= 0.6 is 11.3 Å². The van der Waals surface area contributed by atoms with Gasteiger partial charge >= 0.3 is 12.2 Å². The molecule has 0 saturated heterocycles. The van der Waals surface area contributed by atoms with Gasteiger partial charge in [-0.25, -0.2) is 14.5 Å². The SMILES string of the molecule is CCOC(=O)ON1CCc2c(sc3nc(O)c(C(=O)N(C)C(=O)O)c(=O)n23)C1. The minimum Gasteiger partial charge on any atom is -0.492 e. The summed E-state index contributed by atoms with van der Waals surface area (Å²) in [6.07, 6.45) is -2.12. The molecule has 2 aromatic heterocycles. The number of fused-ring (bicyclic) bond motifs is 3. The van der Waals surface area contributed by atoms with E-state index in [9.17, 15) is 24.3 Å². The van der Waals surface area contributed by atoms with Gasteiger partial charge in [-0.3, -0.25) is 14.0 Å². The number of hydrogen-bond donors (Lipinski definition) is 2. The highest BCUT2D eigenvalue weighted by Crippen LogP contribution is 2.28. The molecule has 1 aliphatic heterocycles. The molecular weight excluding hydrogens is 396 g/mol. The molecule has 0 saturated carbocycles. The van der Waals surface area contributed by atoms with Gasteiger partial charge in [-0.2, -0.15) is 4.98 Å². The van der Waals surface area contributed by atoms with E-state index in [0.29, 0.717) is 17.0 Å². The van der Waals surface area contributed by atoms with Gasteiger partial charge in [0.1, 0.15) is 0 Å². The predicted molar refractivity (Wildman–Crippen MR) is 93.3 cm³/mol. The Balaban J connectivity index is 2.00. The van der Waals surface area contributed by atoms with Crippen LogP contribution in [-0.2, 0) is 22.5 Å². The lowest BCUT2D eigenvalue weighted by molar-refractivity contribution is -0.136. The number of thiazole rings is 1. The molecule has 1 aliphatic rings. The Hall–Kier alpha value is -3.19. The maximum Gasteiger partial charge on any atom is 0.527 e. The summed E-state index contributed by atoms with van der Waals surface area (Å²) in [6.45, 7) is 2.25. The molecule has 0 spiro atoms. The molecule has 0 radical (unpaired) electrons. The summed E-state index contributed by atoms with van der Waals surface area (Å²) in [5.74, 6) is -2.03. The van der Waals surface area contributed by atoms with Crippen molar-refractivity contribution in [2.45, 2.75) is 19.9 Å². The van der Waals surface area contributed by atoms with Crippen LogP contribution in [0.4, 0.5) is 9.59 Å². The van der Waals surface area contributed by atoms with Gasteiger partial charge in [-0.05, 0) is 6.92 Å². The first kappa shape index (κ1) is 19.6. The van der Waals surface area contributed by atoms with Crippen LogP contribution in [0.15, 0.2) is 4.79 Å². The number of aromatic hydroxyl groups is 1. The monoisotopic (exact) mass is 412 g/mol. The number of carbonyl (C=O) groups excluding carboxylic acids is 2. The van der Waals surface area contributed by atoms with Gasteiger partial charge in [-0.1, -0.05) is 11.3 Å². The average molecular weight is 412 g/mol. The molecule has 3 rings (SSSR count). The van der Waals surface area contributed by atoms with E-state index >= 15 is 0 Å². The van der Waals surface area contributed by atoms with Crippen molar-refractivity contribution in [1.82, 2.24) is 19.3 Å². The molecule has 13 heteroatoms. The van der Waals surface area contributed by atoms with Crippen LogP contribution in [0.1, 0.15) is 27.9 Å². The molecule has 0 fully saturated rings. The largest absolute Gasteiger partial charge is 0.527 e. The second-order valence-electron chi connectivity index (χ2n) is 5.74. The molecule has 0 aromatic carbocycles. The summed E-state index contributed by atoms with van der Waals surface area (Å²) < 4.78 is 5.89. The van der Waals surface area contributed by atoms with Crippen LogP contribution in [0.2, 0.25) is 0 Å². The normalized spacial score (nSPS) is 13.8. The van der Waals surface area contributed by atoms with E-state index < -0.39 is 35.2 Å². The Morgan fingerprint density at radius 3 is 2.71 bits per heavy atom. The van der Waals surface area contributed by atoms with Gasteiger partial charge in [0.05, 0.1) is 13.2 Å². The fourth-order valence-electron chi connectivity index (χ4n) is 2.70. The average Bonchev–Trinajstić information content (AvgIpc) is 2.98. The third-order valence-electron chi connectivity index (χ3n) is 4.03. The maximum absolute atomic E-state index is 12.8. The number of aromatic nitrogens is 2. The minimum absolute atomic E-state index is 0.139. The van der Waals surface area contributed by atoms with Crippen LogP contribution in [0, 0.1) is 0 Å². The fourth-order valence-corrected chi connectivity index (χ4v) is 3.86. The standard InChI is InChI=1S/C15H16N4O8S/c1-3-26-15(25)27-18-5-4-7-8(6-18)28-13-16-10(20)9(12(22)19(7)13)11(21)17(2)14(23)24/h20H,3-6H2,1-2H3,(H,23,24). The van der Waals surface area contributed by atoms with Gasteiger partial charge in [0.2, 0.25) is 5.88 Å². The van der Waals surface area contributed by atoms with Crippen molar-refractivity contribution >= 4 is 34.5 Å². The second kappa shape index (κ2) is 7.44. The number of hydrogen-bond acceptors (Lipinski definition) is 10.